The van der Waals surface area contributed by atoms with Gasteiger partial charge < -0.3 is 10.1 Å². The largest absolute Gasteiger partial charge is 0.506 e. The van der Waals surface area contributed by atoms with Gasteiger partial charge in [-0.25, -0.2) is 0 Å². The van der Waals surface area contributed by atoms with E-state index in [2.05, 4.69) is 4.98 Å². The van der Waals surface area contributed by atoms with E-state index in [1.807, 2.05) is 13.8 Å². The van der Waals surface area contributed by atoms with Crippen molar-refractivity contribution in [3.8, 4) is 5.75 Å². The zero-order valence-electron chi connectivity index (χ0n) is 6.09. The fourth-order valence-electron chi connectivity index (χ4n) is 0.402. The molecule has 0 aliphatic carbocycles. The van der Waals surface area contributed by atoms with E-state index in [0.29, 0.717) is 0 Å². The minimum Gasteiger partial charge on any atom is -0.506 e. The highest BCUT2D eigenvalue weighted by molar-refractivity contribution is 5.12. The molecule has 0 saturated heterocycles. The summed E-state index contributed by atoms with van der Waals surface area (Å²) in [6.07, 6.45) is 1.24. The van der Waals surface area contributed by atoms with Crippen LogP contribution in [0.5, 0.6) is 5.75 Å². The van der Waals surface area contributed by atoms with Gasteiger partial charge in [0.2, 0.25) is 5.56 Å². The topological polar surface area (TPSA) is 53.1 Å². The van der Waals surface area contributed by atoms with Crippen molar-refractivity contribution < 1.29 is 5.11 Å². The molecule has 1 rings (SSSR count). The molecule has 0 aliphatic rings. The molecule has 3 nitrogen and oxygen atoms in total. The van der Waals surface area contributed by atoms with Gasteiger partial charge in [-0.05, 0) is 6.07 Å². The molecule has 0 radical (unpaired) electrons. The number of nitrogens with one attached hydrogen (secondary N) is 1. The Morgan fingerprint density at radius 1 is 1.40 bits per heavy atom. The average molecular weight is 141 g/mol. The fraction of sp³-hybridized carbons (Fsp3) is 0.286. The van der Waals surface area contributed by atoms with Crippen molar-refractivity contribution in [3.63, 3.8) is 0 Å². The number of hydrogen-bond donors (Lipinski definition) is 2. The first-order chi connectivity index (χ1) is 4.79. The lowest BCUT2D eigenvalue weighted by Crippen LogP contribution is -1.99. The Balaban J connectivity index is 0.000000371. The van der Waals surface area contributed by atoms with Crippen molar-refractivity contribution >= 4 is 0 Å². The second-order valence-corrected chi connectivity index (χ2v) is 1.41. The lowest BCUT2D eigenvalue weighted by atomic mass is 10.5. The summed E-state index contributed by atoms with van der Waals surface area (Å²) in [5, 5.41) is 8.59. The summed E-state index contributed by atoms with van der Waals surface area (Å²) >= 11 is 0. The molecule has 1 aromatic rings. The molecule has 0 aromatic carbocycles. The van der Waals surface area contributed by atoms with Crippen molar-refractivity contribution in [2.24, 2.45) is 0 Å². The van der Waals surface area contributed by atoms with Gasteiger partial charge in [-0.15, -0.1) is 0 Å². The first-order valence-corrected chi connectivity index (χ1v) is 3.17. The number of H-pyrrole nitrogens is 1. The second-order valence-electron chi connectivity index (χ2n) is 1.41. The summed E-state index contributed by atoms with van der Waals surface area (Å²) in [5.41, 5.74) is -0.206. The predicted molar refractivity (Wildman–Crippen MR) is 40.1 cm³/mol. The first-order valence-electron chi connectivity index (χ1n) is 3.17. The molecule has 2 N–H and O–H groups in total. The van der Waals surface area contributed by atoms with Crippen LogP contribution in [0.4, 0.5) is 0 Å². The molecule has 1 aromatic heterocycles. The average Bonchev–Trinajstić information content (AvgIpc) is 2.00. The van der Waals surface area contributed by atoms with E-state index in [1.165, 1.54) is 18.3 Å². The molecule has 0 saturated carbocycles. The van der Waals surface area contributed by atoms with Crippen molar-refractivity contribution in [1.82, 2.24) is 4.98 Å². The molecule has 0 amide bonds. The standard InChI is InChI=1S/C5H5NO2.C2H6/c7-4-1-2-5(8)6-3-4;1-2/h1-3,7H,(H,6,8);1-2H3. The summed E-state index contributed by atoms with van der Waals surface area (Å²) in [5.74, 6) is 0.0737. The highest BCUT2D eigenvalue weighted by Gasteiger charge is 1.81. The number of pyridine rings is 1. The van der Waals surface area contributed by atoms with Crippen LogP contribution in [0.15, 0.2) is 23.1 Å². The number of aromatic amines is 1. The van der Waals surface area contributed by atoms with Gasteiger partial charge in [0.1, 0.15) is 5.75 Å². The third-order valence-corrected chi connectivity index (χ3v) is 0.768. The molecule has 0 unspecified atom stereocenters. The molecule has 56 valence electrons. The van der Waals surface area contributed by atoms with Crippen LogP contribution in [0.2, 0.25) is 0 Å². The maximum Gasteiger partial charge on any atom is 0.248 e. The molecule has 0 fully saturated rings. The summed E-state index contributed by atoms with van der Waals surface area (Å²) in [4.78, 5) is 12.5. The Bertz CT molecular complexity index is 209. The lowest BCUT2D eigenvalue weighted by Gasteiger charge is -1.83. The van der Waals surface area contributed by atoms with Crippen LogP contribution in [0.3, 0.4) is 0 Å². The summed E-state index contributed by atoms with van der Waals surface area (Å²) < 4.78 is 0. The van der Waals surface area contributed by atoms with Crippen molar-refractivity contribution in [1.29, 1.82) is 0 Å². The molecule has 0 atom stereocenters. The van der Waals surface area contributed by atoms with Crippen LogP contribution in [0.1, 0.15) is 13.8 Å². The molecule has 10 heavy (non-hydrogen) atoms. The van der Waals surface area contributed by atoms with Gasteiger partial charge in [0, 0.05) is 12.3 Å². The predicted octanol–water partition coefficient (Wildman–Crippen LogP) is 1.11. The summed E-state index contributed by atoms with van der Waals surface area (Å²) in [6, 6.07) is 2.59. The molecule has 0 bridgehead atoms. The van der Waals surface area contributed by atoms with Crippen LogP contribution in [0, 0.1) is 0 Å². The van der Waals surface area contributed by atoms with Gasteiger partial charge in [-0.3, -0.25) is 4.79 Å². The number of aromatic hydroxyl groups is 1. The highest BCUT2D eigenvalue weighted by atomic mass is 16.3. The molecular formula is C7H11NO2. The SMILES string of the molecule is CC.O=c1ccc(O)c[nH]1. The number of aromatic nitrogens is 1. The number of hydrogen-bond acceptors (Lipinski definition) is 2. The summed E-state index contributed by atoms with van der Waals surface area (Å²) in [6.45, 7) is 4.00. The second kappa shape index (κ2) is 4.61. The summed E-state index contributed by atoms with van der Waals surface area (Å²) in [7, 11) is 0. The Labute approximate surface area is 59.3 Å². The van der Waals surface area contributed by atoms with Crippen LogP contribution >= 0.6 is 0 Å². The Morgan fingerprint density at radius 3 is 2.30 bits per heavy atom. The van der Waals surface area contributed by atoms with Crippen LogP contribution in [-0.2, 0) is 0 Å². The number of rotatable bonds is 0. The Morgan fingerprint density at radius 2 is 2.00 bits per heavy atom. The van der Waals surface area contributed by atoms with E-state index in [-0.39, 0.29) is 11.3 Å². The third-order valence-electron chi connectivity index (χ3n) is 0.768. The zero-order chi connectivity index (χ0) is 7.98. The fourth-order valence-corrected chi connectivity index (χ4v) is 0.402. The molecular weight excluding hydrogens is 130 g/mol. The minimum atomic E-state index is -0.206. The van der Waals surface area contributed by atoms with Crippen molar-refractivity contribution in [2.45, 2.75) is 13.8 Å². The van der Waals surface area contributed by atoms with Crippen LogP contribution < -0.4 is 5.56 Å². The van der Waals surface area contributed by atoms with E-state index in [0.717, 1.165) is 0 Å². The smallest absolute Gasteiger partial charge is 0.248 e. The maximum absolute atomic E-state index is 10.3. The van der Waals surface area contributed by atoms with Crippen LogP contribution in [0.25, 0.3) is 0 Å². The first kappa shape index (κ1) is 8.75. The van der Waals surface area contributed by atoms with Gasteiger partial charge in [-0.2, -0.15) is 0 Å². The Hall–Kier alpha value is -1.25. The van der Waals surface area contributed by atoms with Gasteiger partial charge in [-0.1, -0.05) is 13.8 Å². The lowest BCUT2D eigenvalue weighted by molar-refractivity contribution is 0.472. The normalized spacial score (nSPS) is 7.80. The Kier molecular flexibility index (Phi) is 4.04. The quantitative estimate of drug-likeness (QED) is 0.568. The van der Waals surface area contributed by atoms with Crippen molar-refractivity contribution in [2.75, 3.05) is 0 Å². The zero-order valence-corrected chi connectivity index (χ0v) is 6.09. The monoisotopic (exact) mass is 141 g/mol. The van der Waals surface area contributed by atoms with E-state index in [1.54, 1.807) is 0 Å². The van der Waals surface area contributed by atoms with E-state index < -0.39 is 0 Å². The van der Waals surface area contributed by atoms with E-state index in [9.17, 15) is 4.79 Å². The molecule has 1 heterocycles. The van der Waals surface area contributed by atoms with Gasteiger partial charge >= 0.3 is 0 Å². The maximum atomic E-state index is 10.3. The molecule has 0 aliphatic heterocycles. The third kappa shape index (κ3) is 2.91. The van der Waals surface area contributed by atoms with Crippen molar-refractivity contribution in [3.05, 3.63) is 28.7 Å². The van der Waals surface area contributed by atoms with E-state index in [4.69, 9.17) is 5.11 Å². The molecule has 3 heteroatoms. The van der Waals surface area contributed by atoms with E-state index >= 15 is 0 Å². The van der Waals surface area contributed by atoms with Gasteiger partial charge in [0.15, 0.2) is 0 Å². The van der Waals surface area contributed by atoms with Gasteiger partial charge in [0.05, 0.1) is 0 Å². The molecule has 0 spiro atoms. The highest BCUT2D eigenvalue weighted by Crippen LogP contribution is 1.97. The van der Waals surface area contributed by atoms with Gasteiger partial charge in [0.25, 0.3) is 0 Å². The van der Waals surface area contributed by atoms with Crippen LogP contribution in [-0.4, -0.2) is 10.1 Å². The minimum absolute atomic E-state index is 0.0737.